The van der Waals surface area contributed by atoms with Crippen LogP contribution in [0.15, 0.2) is 0 Å². The van der Waals surface area contributed by atoms with Crippen LogP contribution < -0.4 is 5.73 Å². The standard InChI is InChI=1S/C4H6N2O2S/c5-1-4(6)2-9(7,8)3-4/h2-3,6H2. The molecule has 0 aliphatic carbocycles. The second kappa shape index (κ2) is 1.46. The van der Waals surface area contributed by atoms with E-state index in [4.69, 9.17) is 11.0 Å². The molecule has 1 fully saturated rings. The zero-order chi connectivity index (χ0) is 7.12. The van der Waals surface area contributed by atoms with Crippen molar-refractivity contribution in [3.8, 4) is 6.07 Å². The number of rotatable bonds is 0. The van der Waals surface area contributed by atoms with Crippen molar-refractivity contribution in [1.29, 1.82) is 5.26 Å². The third-order valence-corrected chi connectivity index (χ3v) is 3.09. The van der Waals surface area contributed by atoms with Gasteiger partial charge >= 0.3 is 0 Å². The largest absolute Gasteiger partial charge is 0.312 e. The summed E-state index contributed by atoms with van der Waals surface area (Å²) in [7, 11) is -2.95. The van der Waals surface area contributed by atoms with E-state index in [1.807, 2.05) is 0 Å². The Balaban J connectivity index is 2.76. The molecule has 2 N–H and O–H groups in total. The summed E-state index contributed by atoms with van der Waals surface area (Å²) in [6.45, 7) is 0. The van der Waals surface area contributed by atoms with Gasteiger partial charge in [0.05, 0.1) is 17.6 Å². The SMILES string of the molecule is N#CC1(N)CS(=O)(=O)C1. The summed E-state index contributed by atoms with van der Waals surface area (Å²) >= 11 is 0. The van der Waals surface area contributed by atoms with Gasteiger partial charge in [-0.15, -0.1) is 0 Å². The predicted octanol–water partition coefficient (Wildman–Crippen LogP) is -1.36. The molecular weight excluding hydrogens is 140 g/mol. The molecule has 1 aliphatic rings. The summed E-state index contributed by atoms with van der Waals surface area (Å²) in [5.41, 5.74) is 4.15. The number of sulfone groups is 1. The van der Waals surface area contributed by atoms with Crippen LogP contribution in [0.5, 0.6) is 0 Å². The first kappa shape index (κ1) is 6.52. The summed E-state index contributed by atoms with van der Waals surface area (Å²) in [5, 5.41) is 8.24. The van der Waals surface area contributed by atoms with Gasteiger partial charge in [0.2, 0.25) is 0 Å². The molecule has 0 unspecified atom stereocenters. The van der Waals surface area contributed by atoms with Gasteiger partial charge in [-0.1, -0.05) is 0 Å². The van der Waals surface area contributed by atoms with Crippen molar-refractivity contribution >= 4 is 9.84 Å². The molecular formula is C4H6N2O2S. The van der Waals surface area contributed by atoms with Gasteiger partial charge in [0.15, 0.2) is 9.84 Å². The second-order valence-electron chi connectivity index (χ2n) is 2.30. The molecule has 0 aromatic heterocycles. The Kier molecular flexibility index (Phi) is 1.06. The van der Waals surface area contributed by atoms with Gasteiger partial charge in [0.25, 0.3) is 0 Å². The smallest absolute Gasteiger partial charge is 0.156 e. The number of nitriles is 1. The molecule has 0 aromatic carbocycles. The quantitative estimate of drug-likeness (QED) is 0.457. The monoisotopic (exact) mass is 146 g/mol. The van der Waals surface area contributed by atoms with Crippen molar-refractivity contribution in [3.63, 3.8) is 0 Å². The van der Waals surface area contributed by atoms with E-state index in [9.17, 15) is 8.42 Å². The van der Waals surface area contributed by atoms with Crippen molar-refractivity contribution < 1.29 is 8.42 Å². The van der Waals surface area contributed by atoms with Crippen LogP contribution in [0.25, 0.3) is 0 Å². The van der Waals surface area contributed by atoms with Crippen LogP contribution in [-0.4, -0.2) is 25.5 Å². The Hall–Kier alpha value is -0.600. The molecule has 0 radical (unpaired) electrons. The Labute approximate surface area is 53.2 Å². The Morgan fingerprint density at radius 1 is 1.56 bits per heavy atom. The minimum atomic E-state index is -2.95. The lowest BCUT2D eigenvalue weighted by Crippen LogP contribution is -2.60. The van der Waals surface area contributed by atoms with E-state index in [1.165, 1.54) is 0 Å². The Morgan fingerprint density at radius 2 is 2.00 bits per heavy atom. The van der Waals surface area contributed by atoms with Crippen LogP contribution in [0.1, 0.15) is 0 Å². The van der Waals surface area contributed by atoms with E-state index in [2.05, 4.69) is 0 Å². The van der Waals surface area contributed by atoms with Crippen LogP contribution in [0.3, 0.4) is 0 Å². The molecule has 4 nitrogen and oxygen atoms in total. The molecule has 9 heavy (non-hydrogen) atoms. The van der Waals surface area contributed by atoms with E-state index >= 15 is 0 Å². The molecule has 0 spiro atoms. The van der Waals surface area contributed by atoms with Crippen molar-refractivity contribution in [2.24, 2.45) is 5.73 Å². The second-order valence-corrected chi connectivity index (χ2v) is 4.36. The van der Waals surface area contributed by atoms with Crippen molar-refractivity contribution in [1.82, 2.24) is 0 Å². The van der Waals surface area contributed by atoms with Crippen molar-refractivity contribution in [2.75, 3.05) is 11.5 Å². The van der Waals surface area contributed by atoms with Crippen molar-refractivity contribution in [2.45, 2.75) is 5.54 Å². The van der Waals surface area contributed by atoms with Crippen molar-refractivity contribution in [3.05, 3.63) is 0 Å². The predicted molar refractivity (Wildman–Crippen MR) is 31.2 cm³/mol. The molecule has 0 amide bonds. The number of hydrogen-bond donors (Lipinski definition) is 1. The topological polar surface area (TPSA) is 83.9 Å². The maximum atomic E-state index is 10.4. The molecule has 0 bridgehead atoms. The summed E-state index contributed by atoms with van der Waals surface area (Å²) in [5.74, 6) is -0.368. The summed E-state index contributed by atoms with van der Waals surface area (Å²) in [4.78, 5) is 0. The van der Waals surface area contributed by atoms with Crippen LogP contribution in [0.2, 0.25) is 0 Å². The summed E-state index contributed by atoms with van der Waals surface area (Å²) < 4.78 is 20.9. The van der Waals surface area contributed by atoms with Gasteiger partial charge in [0.1, 0.15) is 5.54 Å². The Bertz CT molecular complexity index is 249. The lowest BCUT2D eigenvalue weighted by Gasteiger charge is -2.29. The average Bonchev–Trinajstić information content (AvgIpc) is 1.61. The molecule has 1 aliphatic heterocycles. The van der Waals surface area contributed by atoms with E-state index in [-0.39, 0.29) is 11.5 Å². The molecule has 50 valence electrons. The fourth-order valence-electron chi connectivity index (χ4n) is 0.807. The third kappa shape index (κ3) is 1.04. The number of nitrogens with zero attached hydrogens (tertiary/aromatic N) is 1. The maximum absolute atomic E-state index is 10.4. The van der Waals surface area contributed by atoms with Gasteiger partial charge in [-0.3, -0.25) is 0 Å². The van der Waals surface area contributed by atoms with Crippen LogP contribution in [0, 0.1) is 11.3 Å². The molecule has 0 saturated carbocycles. The van der Waals surface area contributed by atoms with E-state index in [0.29, 0.717) is 0 Å². The van der Waals surface area contributed by atoms with Gasteiger partial charge in [-0.05, 0) is 0 Å². The Morgan fingerprint density at radius 3 is 2.11 bits per heavy atom. The van der Waals surface area contributed by atoms with E-state index < -0.39 is 15.4 Å². The lowest BCUT2D eigenvalue weighted by atomic mass is 10.1. The van der Waals surface area contributed by atoms with Gasteiger partial charge < -0.3 is 5.73 Å². The fourth-order valence-corrected chi connectivity index (χ4v) is 2.42. The summed E-state index contributed by atoms with van der Waals surface area (Å²) in [6, 6.07) is 1.73. The van der Waals surface area contributed by atoms with Gasteiger partial charge in [-0.25, -0.2) is 8.42 Å². The highest BCUT2D eigenvalue weighted by molar-refractivity contribution is 7.93. The van der Waals surface area contributed by atoms with Crippen LogP contribution in [-0.2, 0) is 9.84 Å². The minimum absolute atomic E-state index is 0.184. The average molecular weight is 146 g/mol. The summed E-state index contributed by atoms with van der Waals surface area (Å²) in [6.07, 6.45) is 0. The zero-order valence-corrected chi connectivity index (χ0v) is 5.48. The van der Waals surface area contributed by atoms with Gasteiger partial charge in [-0.2, -0.15) is 5.26 Å². The zero-order valence-electron chi connectivity index (χ0n) is 4.66. The maximum Gasteiger partial charge on any atom is 0.156 e. The highest BCUT2D eigenvalue weighted by atomic mass is 32.2. The van der Waals surface area contributed by atoms with E-state index in [0.717, 1.165) is 0 Å². The minimum Gasteiger partial charge on any atom is -0.312 e. The molecule has 0 atom stereocenters. The number of hydrogen-bond acceptors (Lipinski definition) is 4. The van der Waals surface area contributed by atoms with E-state index in [1.54, 1.807) is 6.07 Å². The van der Waals surface area contributed by atoms with Crippen LogP contribution >= 0.6 is 0 Å². The van der Waals surface area contributed by atoms with Crippen LogP contribution in [0.4, 0.5) is 0 Å². The molecule has 1 rings (SSSR count). The number of nitrogens with two attached hydrogens (primary N) is 1. The highest BCUT2D eigenvalue weighted by Crippen LogP contribution is 2.18. The lowest BCUT2D eigenvalue weighted by molar-refractivity contribution is 0.527. The molecule has 1 saturated heterocycles. The molecule has 1 heterocycles. The highest BCUT2D eigenvalue weighted by Gasteiger charge is 2.45. The van der Waals surface area contributed by atoms with Gasteiger partial charge in [0, 0.05) is 0 Å². The third-order valence-electron chi connectivity index (χ3n) is 1.18. The molecule has 5 heteroatoms. The first-order valence-corrected chi connectivity index (χ1v) is 4.20. The first-order valence-electron chi connectivity index (χ1n) is 2.38. The molecule has 0 aromatic rings. The fraction of sp³-hybridized carbons (Fsp3) is 0.750. The normalized spacial score (nSPS) is 28.0. The first-order chi connectivity index (χ1) is 3.97.